The van der Waals surface area contributed by atoms with Gasteiger partial charge in [-0.25, -0.2) is 0 Å². The van der Waals surface area contributed by atoms with Crippen molar-refractivity contribution in [3.05, 3.63) is 24.5 Å². The van der Waals surface area contributed by atoms with Gasteiger partial charge < -0.3 is 4.90 Å². The minimum atomic E-state index is 0.198. The average molecular weight is 298 g/mol. The summed E-state index contributed by atoms with van der Waals surface area (Å²) >= 11 is 0. The predicted molar refractivity (Wildman–Crippen MR) is 78.5 cm³/mol. The number of rotatable bonds is 4. The van der Waals surface area contributed by atoms with Gasteiger partial charge in [-0.2, -0.15) is 4.80 Å². The molecule has 0 aromatic carbocycles. The van der Waals surface area contributed by atoms with E-state index in [1.165, 1.54) is 0 Å². The van der Waals surface area contributed by atoms with E-state index in [0.717, 1.165) is 37.8 Å². The van der Waals surface area contributed by atoms with Crippen molar-refractivity contribution in [2.75, 3.05) is 6.54 Å². The van der Waals surface area contributed by atoms with Gasteiger partial charge in [0.05, 0.1) is 12.6 Å². The van der Waals surface area contributed by atoms with Gasteiger partial charge in [0.1, 0.15) is 0 Å². The van der Waals surface area contributed by atoms with Crippen LogP contribution in [-0.2, 0) is 11.3 Å². The van der Waals surface area contributed by atoms with Gasteiger partial charge in [-0.3, -0.25) is 9.78 Å². The lowest BCUT2D eigenvalue weighted by Crippen LogP contribution is -2.39. The van der Waals surface area contributed by atoms with E-state index >= 15 is 0 Å². The van der Waals surface area contributed by atoms with Crippen molar-refractivity contribution in [3.63, 3.8) is 0 Å². The zero-order chi connectivity index (χ0) is 14.9. The van der Waals surface area contributed by atoms with Crippen LogP contribution in [0.2, 0.25) is 0 Å². The molecule has 22 heavy (non-hydrogen) atoms. The number of hydrogen-bond acceptors (Lipinski definition) is 5. The number of tetrazole rings is 1. The number of pyridine rings is 1. The zero-order valence-electron chi connectivity index (χ0n) is 12.3. The number of aromatic nitrogens is 5. The van der Waals surface area contributed by atoms with Crippen LogP contribution in [0.3, 0.4) is 0 Å². The van der Waals surface area contributed by atoms with Crippen LogP contribution in [-0.4, -0.2) is 48.6 Å². The molecular weight excluding hydrogens is 280 g/mol. The van der Waals surface area contributed by atoms with Gasteiger partial charge in [-0.1, -0.05) is 0 Å². The van der Waals surface area contributed by atoms with Crippen molar-refractivity contribution in [1.82, 2.24) is 30.1 Å². The second-order valence-electron chi connectivity index (χ2n) is 6.01. The maximum atomic E-state index is 12.3. The lowest BCUT2D eigenvalue weighted by molar-refractivity contribution is -0.133. The highest BCUT2D eigenvalue weighted by atomic mass is 16.2. The Balaban J connectivity index is 1.47. The first-order valence-corrected chi connectivity index (χ1v) is 7.80. The van der Waals surface area contributed by atoms with Crippen LogP contribution in [0.4, 0.5) is 0 Å². The molecule has 1 aliphatic heterocycles. The van der Waals surface area contributed by atoms with Crippen molar-refractivity contribution in [1.29, 1.82) is 0 Å². The van der Waals surface area contributed by atoms with Gasteiger partial charge in [-0.05, 0) is 43.0 Å². The molecule has 2 aliphatic rings. The van der Waals surface area contributed by atoms with Crippen LogP contribution >= 0.6 is 0 Å². The summed E-state index contributed by atoms with van der Waals surface area (Å²) < 4.78 is 0. The van der Waals surface area contributed by atoms with Crippen molar-refractivity contribution in [2.24, 2.45) is 5.92 Å². The molecule has 0 N–H and O–H groups in total. The lowest BCUT2D eigenvalue weighted by atomic mass is 10.2. The van der Waals surface area contributed by atoms with Gasteiger partial charge in [0.15, 0.2) is 0 Å². The van der Waals surface area contributed by atoms with E-state index in [2.05, 4.69) is 20.4 Å². The van der Waals surface area contributed by atoms with E-state index in [-0.39, 0.29) is 12.0 Å². The first-order valence-electron chi connectivity index (χ1n) is 7.80. The summed E-state index contributed by atoms with van der Waals surface area (Å²) in [5.74, 6) is 1.16. The normalized spacial score (nSPS) is 21.3. The third-order valence-corrected chi connectivity index (χ3v) is 4.33. The fraction of sp³-hybridized carbons (Fsp3) is 0.533. The largest absolute Gasteiger partial charge is 0.338 e. The predicted octanol–water partition coefficient (Wildman–Crippen LogP) is 1.14. The monoisotopic (exact) mass is 298 g/mol. The molecule has 1 aliphatic carbocycles. The van der Waals surface area contributed by atoms with Crippen LogP contribution < -0.4 is 0 Å². The summed E-state index contributed by atoms with van der Waals surface area (Å²) in [6.45, 7) is 1.48. The first kappa shape index (κ1) is 13.4. The molecule has 2 aromatic rings. The fourth-order valence-corrected chi connectivity index (χ4v) is 3.00. The number of amides is 1. The van der Waals surface area contributed by atoms with Crippen molar-refractivity contribution in [3.8, 4) is 11.4 Å². The highest BCUT2D eigenvalue weighted by Crippen LogP contribution is 2.33. The smallest absolute Gasteiger partial charge is 0.225 e. The number of carbonyl (C=O) groups excluding carboxylic acids is 1. The molecule has 1 atom stereocenters. The standard InChI is InChI=1S/C15H18N6O/c22-15(11-5-6-11)20-8-2-4-13(20)10-21-18-14(17-19-21)12-3-1-7-16-9-12/h1,3,7,9,11,13H,2,4-6,8,10H2/t13-/m1/s1. The van der Waals surface area contributed by atoms with Crippen LogP contribution in [0.5, 0.6) is 0 Å². The summed E-state index contributed by atoms with van der Waals surface area (Å²) in [4.78, 5) is 20.0. The molecule has 1 saturated carbocycles. The maximum absolute atomic E-state index is 12.3. The van der Waals surface area contributed by atoms with E-state index in [9.17, 15) is 4.79 Å². The Morgan fingerprint density at radius 3 is 3.00 bits per heavy atom. The molecule has 0 bridgehead atoms. The summed E-state index contributed by atoms with van der Waals surface area (Å²) in [5, 5.41) is 12.6. The Hall–Kier alpha value is -2.31. The van der Waals surface area contributed by atoms with Crippen LogP contribution in [0.1, 0.15) is 25.7 Å². The molecule has 0 spiro atoms. The Labute approximate surface area is 128 Å². The Kier molecular flexibility index (Phi) is 3.32. The highest BCUT2D eigenvalue weighted by molar-refractivity contribution is 5.81. The molecule has 0 radical (unpaired) electrons. The van der Waals surface area contributed by atoms with Crippen LogP contribution in [0.25, 0.3) is 11.4 Å². The Bertz CT molecular complexity index is 666. The lowest BCUT2D eigenvalue weighted by Gasteiger charge is -2.24. The second kappa shape index (κ2) is 5.47. The third kappa shape index (κ3) is 2.58. The van der Waals surface area contributed by atoms with E-state index in [1.54, 1.807) is 17.2 Å². The molecule has 3 heterocycles. The van der Waals surface area contributed by atoms with Gasteiger partial charge in [-0.15, -0.1) is 10.2 Å². The SMILES string of the molecule is O=C(C1CC1)N1CCC[C@@H]1Cn1nnc(-c2cccnc2)n1. The van der Waals surface area contributed by atoms with E-state index in [4.69, 9.17) is 0 Å². The molecule has 2 fully saturated rings. The molecule has 2 aromatic heterocycles. The maximum Gasteiger partial charge on any atom is 0.225 e. The number of hydrogen-bond donors (Lipinski definition) is 0. The number of nitrogens with zero attached hydrogens (tertiary/aromatic N) is 6. The Morgan fingerprint density at radius 2 is 2.23 bits per heavy atom. The van der Waals surface area contributed by atoms with Gasteiger partial charge in [0, 0.05) is 30.4 Å². The van der Waals surface area contributed by atoms with Crippen molar-refractivity contribution in [2.45, 2.75) is 38.3 Å². The highest BCUT2D eigenvalue weighted by Gasteiger charge is 2.38. The van der Waals surface area contributed by atoms with Crippen molar-refractivity contribution < 1.29 is 4.79 Å². The molecule has 114 valence electrons. The molecule has 1 saturated heterocycles. The van der Waals surface area contributed by atoms with Crippen LogP contribution in [0, 0.1) is 5.92 Å². The molecule has 4 rings (SSSR count). The Morgan fingerprint density at radius 1 is 1.32 bits per heavy atom. The van der Waals surface area contributed by atoms with Gasteiger partial charge in [0.2, 0.25) is 11.7 Å². The average Bonchev–Trinajstić information content (AvgIpc) is 3.13. The van der Waals surface area contributed by atoms with Gasteiger partial charge in [0.25, 0.3) is 0 Å². The number of likely N-dealkylation sites (tertiary alicyclic amines) is 1. The van der Waals surface area contributed by atoms with Crippen molar-refractivity contribution >= 4 is 5.91 Å². The van der Waals surface area contributed by atoms with E-state index < -0.39 is 0 Å². The van der Waals surface area contributed by atoms with Crippen LogP contribution in [0.15, 0.2) is 24.5 Å². The molecule has 0 unspecified atom stereocenters. The summed E-state index contributed by atoms with van der Waals surface area (Å²) in [6, 6.07) is 3.96. The minimum Gasteiger partial charge on any atom is -0.338 e. The second-order valence-corrected chi connectivity index (χ2v) is 6.01. The molecule has 7 nitrogen and oxygen atoms in total. The fourth-order valence-electron chi connectivity index (χ4n) is 3.00. The summed E-state index contributed by atoms with van der Waals surface area (Å²) in [5.41, 5.74) is 0.853. The van der Waals surface area contributed by atoms with E-state index in [0.29, 0.717) is 18.3 Å². The molecule has 7 heteroatoms. The zero-order valence-corrected chi connectivity index (χ0v) is 12.3. The third-order valence-electron chi connectivity index (χ3n) is 4.33. The van der Waals surface area contributed by atoms with E-state index in [1.807, 2.05) is 17.0 Å². The quantitative estimate of drug-likeness (QED) is 0.846. The van der Waals surface area contributed by atoms with Gasteiger partial charge >= 0.3 is 0 Å². The first-order chi connectivity index (χ1) is 10.8. The molecular formula is C15H18N6O. The molecule has 1 amide bonds. The number of carbonyl (C=O) groups is 1. The topological polar surface area (TPSA) is 76.8 Å². The summed E-state index contributed by atoms with van der Waals surface area (Å²) in [7, 11) is 0. The minimum absolute atomic E-state index is 0.198. The summed E-state index contributed by atoms with van der Waals surface area (Å²) in [6.07, 6.45) is 7.62.